The highest BCUT2D eigenvalue weighted by atomic mass is 32.2. The van der Waals surface area contributed by atoms with Gasteiger partial charge in [0, 0.05) is 48.6 Å². The van der Waals surface area contributed by atoms with Crippen molar-refractivity contribution in [2.45, 2.75) is 25.5 Å². The van der Waals surface area contributed by atoms with Gasteiger partial charge in [-0.15, -0.1) is 0 Å². The number of amides is 2. The SMILES string of the molecule is Cc1ccccc1C[S@](=O)CC(=O)N1CCN(C(=O)C2CC2)CC1. The molecule has 1 aliphatic heterocycles. The molecule has 1 aliphatic carbocycles. The first kappa shape index (κ1) is 17.1. The average molecular weight is 348 g/mol. The van der Waals surface area contributed by atoms with Crippen LogP contribution in [0.1, 0.15) is 24.0 Å². The van der Waals surface area contributed by atoms with Gasteiger partial charge >= 0.3 is 0 Å². The van der Waals surface area contributed by atoms with Gasteiger partial charge in [-0.05, 0) is 30.9 Å². The number of nitrogens with zero attached hydrogens (tertiary/aromatic N) is 2. The highest BCUT2D eigenvalue weighted by Gasteiger charge is 2.35. The van der Waals surface area contributed by atoms with Gasteiger partial charge in [-0.3, -0.25) is 13.8 Å². The van der Waals surface area contributed by atoms with E-state index in [0.717, 1.165) is 24.0 Å². The minimum atomic E-state index is -1.20. The Morgan fingerprint density at radius 2 is 1.71 bits per heavy atom. The third kappa shape index (κ3) is 4.23. The summed E-state index contributed by atoms with van der Waals surface area (Å²) in [6.07, 6.45) is 2.02. The Labute approximate surface area is 145 Å². The topological polar surface area (TPSA) is 57.7 Å². The van der Waals surface area contributed by atoms with Crippen LogP contribution < -0.4 is 0 Å². The van der Waals surface area contributed by atoms with E-state index in [4.69, 9.17) is 0 Å². The van der Waals surface area contributed by atoms with Crippen LogP contribution in [0.15, 0.2) is 24.3 Å². The second kappa shape index (κ2) is 7.47. The molecule has 5 nitrogen and oxygen atoms in total. The predicted octanol–water partition coefficient (Wildman–Crippen LogP) is 1.32. The average Bonchev–Trinajstić information content (AvgIpc) is 3.41. The number of hydrogen-bond acceptors (Lipinski definition) is 3. The Kier molecular flexibility index (Phi) is 5.33. The summed E-state index contributed by atoms with van der Waals surface area (Å²) < 4.78 is 12.3. The maximum atomic E-state index is 12.3. The molecule has 0 aromatic heterocycles. The Morgan fingerprint density at radius 1 is 1.08 bits per heavy atom. The molecule has 24 heavy (non-hydrogen) atoms. The normalized spacial score (nSPS) is 19.2. The van der Waals surface area contributed by atoms with E-state index in [2.05, 4.69) is 0 Å². The minimum absolute atomic E-state index is 0.0604. The molecule has 130 valence electrons. The van der Waals surface area contributed by atoms with Gasteiger partial charge in [-0.25, -0.2) is 0 Å². The zero-order valence-corrected chi connectivity index (χ0v) is 14.9. The van der Waals surface area contributed by atoms with Crippen molar-refractivity contribution in [3.63, 3.8) is 0 Å². The zero-order chi connectivity index (χ0) is 17.1. The van der Waals surface area contributed by atoms with Crippen LogP contribution in [0.25, 0.3) is 0 Å². The molecule has 1 heterocycles. The van der Waals surface area contributed by atoms with E-state index in [0.29, 0.717) is 31.9 Å². The molecule has 1 saturated carbocycles. The van der Waals surface area contributed by atoms with Gasteiger partial charge in [-0.2, -0.15) is 0 Å². The first-order valence-electron chi connectivity index (χ1n) is 8.50. The van der Waals surface area contributed by atoms with E-state index in [-0.39, 0.29) is 23.5 Å². The van der Waals surface area contributed by atoms with Gasteiger partial charge in [0.05, 0.1) is 0 Å². The maximum absolute atomic E-state index is 12.3. The van der Waals surface area contributed by atoms with Crippen molar-refractivity contribution in [3.05, 3.63) is 35.4 Å². The van der Waals surface area contributed by atoms with E-state index < -0.39 is 10.8 Å². The molecule has 0 N–H and O–H groups in total. The lowest BCUT2D eigenvalue weighted by atomic mass is 10.1. The van der Waals surface area contributed by atoms with Gasteiger partial charge in [0.1, 0.15) is 5.75 Å². The molecule has 0 bridgehead atoms. The summed E-state index contributed by atoms with van der Waals surface area (Å²) in [6.45, 7) is 4.30. The molecule has 0 radical (unpaired) electrons. The Balaban J connectivity index is 1.46. The number of carbonyl (C=O) groups excluding carboxylic acids is 2. The molecule has 0 unspecified atom stereocenters. The van der Waals surface area contributed by atoms with Crippen molar-refractivity contribution >= 4 is 22.6 Å². The molecular formula is C18H24N2O3S. The molecule has 1 atom stereocenters. The number of carbonyl (C=O) groups is 2. The molecule has 0 spiro atoms. The lowest BCUT2D eigenvalue weighted by Gasteiger charge is -2.34. The summed E-state index contributed by atoms with van der Waals surface area (Å²) in [5.74, 6) is 0.878. The van der Waals surface area contributed by atoms with E-state index in [1.54, 1.807) is 4.90 Å². The van der Waals surface area contributed by atoms with E-state index in [9.17, 15) is 13.8 Å². The standard InChI is InChI=1S/C18H24N2O3S/c1-14-4-2-3-5-16(14)12-24(23)13-17(21)19-8-10-20(11-9-19)18(22)15-6-7-15/h2-5,15H,6-13H2,1H3/t24-/m0/s1. The molecule has 6 heteroatoms. The maximum Gasteiger partial charge on any atom is 0.235 e. The van der Waals surface area contributed by atoms with Crippen LogP contribution in [0.4, 0.5) is 0 Å². The van der Waals surface area contributed by atoms with Crippen LogP contribution in [0.3, 0.4) is 0 Å². The first-order valence-corrected chi connectivity index (χ1v) is 9.99. The molecule has 1 aromatic carbocycles. The van der Waals surface area contributed by atoms with Gasteiger partial charge in [0.25, 0.3) is 0 Å². The molecular weight excluding hydrogens is 324 g/mol. The third-order valence-electron chi connectivity index (χ3n) is 4.73. The van der Waals surface area contributed by atoms with E-state index in [1.165, 1.54) is 0 Å². The summed E-state index contributed by atoms with van der Waals surface area (Å²) in [5, 5.41) is 0. The van der Waals surface area contributed by atoms with Crippen molar-refractivity contribution in [1.29, 1.82) is 0 Å². The zero-order valence-electron chi connectivity index (χ0n) is 14.1. The predicted molar refractivity (Wildman–Crippen MR) is 93.8 cm³/mol. The minimum Gasteiger partial charge on any atom is -0.339 e. The summed E-state index contributed by atoms with van der Waals surface area (Å²) in [5.41, 5.74) is 2.13. The Hall–Kier alpha value is -1.69. The smallest absolute Gasteiger partial charge is 0.235 e. The van der Waals surface area contributed by atoms with Crippen LogP contribution in [-0.2, 0) is 26.1 Å². The number of piperazine rings is 1. The van der Waals surface area contributed by atoms with Crippen LogP contribution >= 0.6 is 0 Å². The summed E-state index contributed by atoms with van der Waals surface area (Å²) in [7, 11) is -1.20. The van der Waals surface area contributed by atoms with Crippen LogP contribution in [0.2, 0.25) is 0 Å². The Morgan fingerprint density at radius 3 is 2.33 bits per heavy atom. The molecule has 1 saturated heterocycles. The number of benzene rings is 1. The molecule has 3 rings (SSSR count). The van der Waals surface area contributed by atoms with Crippen LogP contribution in [0, 0.1) is 12.8 Å². The van der Waals surface area contributed by atoms with Gasteiger partial charge in [-0.1, -0.05) is 24.3 Å². The van der Waals surface area contributed by atoms with Crippen LogP contribution in [0.5, 0.6) is 0 Å². The fourth-order valence-electron chi connectivity index (χ4n) is 2.99. The van der Waals surface area contributed by atoms with Crippen molar-refractivity contribution in [2.24, 2.45) is 5.92 Å². The molecule has 2 amide bonds. The van der Waals surface area contributed by atoms with E-state index in [1.807, 2.05) is 36.1 Å². The number of aryl methyl sites for hydroxylation is 1. The summed E-state index contributed by atoms with van der Waals surface area (Å²) in [4.78, 5) is 28.0. The first-order chi connectivity index (χ1) is 11.5. The Bertz CT molecular complexity index is 649. The van der Waals surface area contributed by atoms with Crippen molar-refractivity contribution in [3.8, 4) is 0 Å². The second-order valence-electron chi connectivity index (χ2n) is 6.64. The fraction of sp³-hybridized carbons (Fsp3) is 0.556. The highest BCUT2D eigenvalue weighted by Crippen LogP contribution is 2.31. The van der Waals surface area contributed by atoms with Crippen molar-refractivity contribution in [1.82, 2.24) is 9.80 Å². The molecule has 2 aliphatic rings. The monoisotopic (exact) mass is 348 g/mol. The number of rotatable bonds is 5. The van der Waals surface area contributed by atoms with Crippen LogP contribution in [-0.4, -0.2) is 57.8 Å². The van der Waals surface area contributed by atoms with Crippen molar-refractivity contribution < 1.29 is 13.8 Å². The molecule has 1 aromatic rings. The quantitative estimate of drug-likeness (QED) is 0.806. The van der Waals surface area contributed by atoms with Gasteiger partial charge in [0.15, 0.2) is 0 Å². The lowest BCUT2D eigenvalue weighted by molar-refractivity contribution is -0.139. The van der Waals surface area contributed by atoms with Gasteiger partial charge in [0.2, 0.25) is 11.8 Å². The summed E-state index contributed by atoms with van der Waals surface area (Å²) >= 11 is 0. The number of hydrogen-bond donors (Lipinski definition) is 0. The largest absolute Gasteiger partial charge is 0.339 e. The molecule has 2 fully saturated rings. The second-order valence-corrected chi connectivity index (χ2v) is 8.09. The van der Waals surface area contributed by atoms with E-state index >= 15 is 0 Å². The fourth-order valence-corrected chi connectivity index (χ4v) is 4.22. The summed E-state index contributed by atoms with van der Waals surface area (Å²) in [6, 6.07) is 7.83. The lowest BCUT2D eigenvalue weighted by Crippen LogP contribution is -2.51. The van der Waals surface area contributed by atoms with Gasteiger partial charge < -0.3 is 9.80 Å². The van der Waals surface area contributed by atoms with Crippen molar-refractivity contribution in [2.75, 3.05) is 31.9 Å². The highest BCUT2D eigenvalue weighted by molar-refractivity contribution is 7.84. The third-order valence-corrected chi connectivity index (χ3v) is 5.93.